The van der Waals surface area contributed by atoms with Crippen molar-refractivity contribution >= 4 is 17.5 Å². The van der Waals surface area contributed by atoms with Gasteiger partial charge in [-0.15, -0.1) is 0 Å². The first-order chi connectivity index (χ1) is 9.86. The third-order valence-corrected chi connectivity index (χ3v) is 3.37. The van der Waals surface area contributed by atoms with Crippen molar-refractivity contribution in [3.63, 3.8) is 0 Å². The number of benzene rings is 1. The Morgan fingerprint density at radius 3 is 2.10 bits per heavy atom. The van der Waals surface area contributed by atoms with Gasteiger partial charge in [-0.05, 0) is 37.1 Å². The smallest absolute Gasteiger partial charge is 0.345 e. The number of rotatable bonds is 2. The van der Waals surface area contributed by atoms with Crippen molar-refractivity contribution in [3.05, 3.63) is 29.8 Å². The first-order valence-corrected chi connectivity index (χ1v) is 6.65. The van der Waals surface area contributed by atoms with E-state index in [9.17, 15) is 22.8 Å². The topological polar surface area (TPSA) is 58.2 Å². The second-order valence-electron chi connectivity index (χ2n) is 4.98. The fourth-order valence-corrected chi connectivity index (χ4v) is 2.25. The molecule has 2 rings (SSSR count). The number of alkyl halides is 3. The van der Waals surface area contributed by atoms with E-state index >= 15 is 0 Å². The van der Waals surface area contributed by atoms with Gasteiger partial charge in [-0.1, -0.05) is 12.8 Å². The third-order valence-electron chi connectivity index (χ3n) is 3.37. The molecule has 0 radical (unpaired) electrons. The van der Waals surface area contributed by atoms with Gasteiger partial charge in [0, 0.05) is 11.7 Å². The molecule has 0 aliphatic heterocycles. The van der Waals surface area contributed by atoms with Gasteiger partial charge < -0.3 is 10.6 Å². The number of hydrogen-bond donors (Lipinski definition) is 2. The van der Waals surface area contributed by atoms with Crippen LogP contribution in [0.2, 0.25) is 0 Å². The molecule has 2 N–H and O–H groups in total. The number of nitrogens with one attached hydrogen (secondary N) is 2. The highest BCUT2D eigenvalue weighted by molar-refractivity contribution is 6.39. The Labute approximate surface area is 119 Å². The second-order valence-corrected chi connectivity index (χ2v) is 4.98. The zero-order valence-corrected chi connectivity index (χ0v) is 11.2. The third kappa shape index (κ3) is 4.21. The Balaban J connectivity index is 1.91. The normalized spacial score (nSPS) is 15.8. The molecule has 0 spiro atoms. The van der Waals surface area contributed by atoms with E-state index in [2.05, 4.69) is 10.6 Å². The van der Waals surface area contributed by atoms with E-state index in [0.29, 0.717) is 0 Å². The van der Waals surface area contributed by atoms with Crippen LogP contribution in [0.1, 0.15) is 31.2 Å². The van der Waals surface area contributed by atoms with E-state index in [1.807, 2.05) is 0 Å². The maximum Gasteiger partial charge on any atom is 0.416 e. The highest BCUT2D eigenvalue weighted by atomic mass is 19.4. The van der Waals surface area contributed by atoms with E-state index in [-0.39, 0.29) is 11.7 Å². The van der Waals surface area contributed by atoms with Crippen molar-refractivity contribution in [1.29, 1.82) is 0 Å². The molecule has 1 aromatic carbocycles. The minimum atomic E-state index is -4.43. The Hall–Kier alpha value is -2.05. The van der Waals surface area contributed by atoms with Gasteiger partial charge in [-0.25, -0.2) is 0 Å². The average Bonchev–Trinajstić information content (AvgIpc) is 2.91. The summed E-state index contributed by atoms with van der Waals surface area (Å²) in [6, 6.07) is 3.94. The van der Waals surface area contributed by atoms with Crippen LogP contribution in [0, 0.1) is 0 Å². The standard InChI is InChI=1S/C14H15F3N2O2/c15-14(16,17)9-5-7-11(8-6-9)19-13(21)12(20)18-10-3-1-2-4-10/h5-8,10H,1-4H2,(H,18,20)(H,19,21). The molecule has 0 atom stereocenters. The summed E-state index contributed by atoms with van der Waals surface area (Å²) in [4.78, 5) is 23.3. The molecule has 7 heteroatoms. The van der Waals surface area contributed by atoms with Gasteiger partial charge in [0.2, 0.25) is 0 Å². The Kier molecular flexibility index (Phi) is 4.50. The summed E-state index contributed by atoms with van der Waals surface area (Å²) in [6.07, 6.45) is -0.697. The molecule has 1 aromatic rings. The van der Waals surface area contributed by atoms with Gasteiger partial charge in [-0.3, -0.25) is 9.59 Å². The molecule has 0 bridgehead atoms. The van der Waals surface area contributed by atoms with Gasteiger partial charge >= 0.3 is 18.0 Å². The number of carbonyl (C=O) groups excluding carboxylic acids is 2. The maximum absolute atomic E-state index is 12.4. The van der Waals surface area contributed by atoms with E-state index < -0.39 is 23.6 Å². The summed E-state index contributed by atoms with van der Waals surface area (Å²) in [5.74, 6) is -1.64. The van der Waals surface area contributed by atoms with Gasteiger partial charge in [-0.2, -0.15) is 13.2 Å². The van der Waals surface area contributed by atoms with Gasteiger partial charge in [0.05, 0.1) is 5.56 Å². The van der Waals surface area contributed by atoms with Gasteiger partial charge in [0.15, 0.2) is 0 Å². The lowest BCUT2D eigenvalue weighted by atomic mass is 10.2. The molecule has 1 fully saturated rings. The van der Waals surface area contributed by atoms with Crippen molar-refractivity contribution in [1.82, 2.24) is 5.32 Å². The minimum Gasteiger partial charge on any atom is -0.345 e. The number of anilines is 1. The van der Waals surface area contributed by atoms with E-state index in [0.717, 1.165) is 49.9 Å². The zero-order valence-electron chi connectivity index (χ0n) is 11.2. The van der Waals surface area contributed by atoms with Gasteiger partial charge in [0.1, 0.15) is 0 Å². The van der Waals surface area contributed by atoms with Crippen LogP contribution in [0.25, 0.3) is 0 Å². The quantitative estimate of drug-likeness (QED) is 0.825. The van der Waals surface area contributed by atoms with Crippen molar-refractivity contribution in [2.75, 3.05) is 5.32 Å². The van der Waals surface area contributed by atoms with Crippen LogP contribution in [-0.4, -0.2) is 17.9 Å². The number of halogens is 3. The zero-order chi connectivity index (χ0) is 15.5. The molecule has 0 unspecified atom stereocenters. The molecule has 2 amide bonds. The van der Waals surface area contributed by atoms with Crippen molar-refractivity contribution < 1.29 is 22.8 Å². The highest BCUT2D eigenvalue weighted by Crippen LogP contribution is 2.29. The lowest BCUT2D eigenvalue weighted by Gasteiger charge is -2.12. The fraction of sp³-hybridized carbons (Fsp3) is 0.429. The van der Waals surface area contributed by atoms with E-state index in [1.165, 1.54) is 0 Å². The predicted octanol–water partition coefficient (Wildman–Crippen LogP) is 2.70. The number of carbonyl (C=O) groups is 2. The molecule has 0 aromatic heterocycles. The second kappa shape index (κ2) is 6.15. The molecular formula is C14H15F3N2O2. The van der Waals surface area contributed by atoms with E-state index in [1.54, 1.807) is 0 Å². The Bertz CT molecular complexity index is 520. The fourth-order valence-electron chi connectivity index (χ4n) is 2.25. The summed E-state index contributed by atoms with van der Waals surface area (Å²) in [5, 5.41) is 4.88. The average molecular weight is 300 g/mol. The van der Waals surface area contributed by atoms with Crippen molar-refractivity contribution in [3.8, 4) is 0 Å². The summed E-state index contributed by atoms with van der Waals surface area (Å²) in [7, 11) is 0. The monoisotopic (exact) mass is 300 g/mol. The summed E-state index contributed by atoms with van der Waals surface area (Å²) < 4.78 is 37.2. The molecule has 1 aliphatic carbocycles. The van der Waals surface area contributed by atoms with Crippen molar-refractivity contribution in [2.24, 2.45) is 0 Å². The molecule has 1 aliphatic rings. The van der Waals surface area contributed by atoms with Crippen LogP contribution < -0.4 is 10.6 Å². The van der Waals surface area contributed by atoms with Crippen LogP contribution in [0.5, 0.6) is 0 Å². The summed E-state index contributed by atoms with van der Waals surface area (Å²) in [5.41, 5.74) is -0.662. The summed E-state index contributed by atoms with van der Waals surface area (Å²) >= 11 is 0. The SMILES string of the molecule is O=C(Nc1ccc(C(F)(F)F)cc1)C(=O)NC1CCCC1. The lowest BCUT2D eigenvalue weighted by Crippen LogP contribution is -2.40. The Morgan fingerprint density at radius 2 is 1.57 bits per heavy atom. The number of hydrogen-bond acceptors (Lipinski definition) is 2. The van der Waals surface area contributed by atoms with Crippen LogP contribution in [-0.2, 0) is 15.8 Å². The number of amides is 2. The molecule has 21 heavy (non-hydrogen) atoms. The van der Waals surface area contributed by atoms with Gasteiger partial charge in [0.25, 0.3) is 0 Å². The molecule has 0 saturated heterocycles. The summed E-state index contributed by atoms with van der Waals surface area (Å²) in [6.45, 7) is 0. The molecule has 4 nitrogen and oxygen atoms in total. The van der Waals surface area contributed by atoms with Crippen LogP contribution in [0.15, 0.2) is 24.3 Å². The predicted molar refractivity (Wildman–Crippen MR) is 70.5 cm³/mol. The van der Waals surface area contributed by atoms with E-state index in [4.69, 9.17) is 0 Å². The molecular weight excluding hydrogens is 285 g/mol. The molecule has 114 valence electrons. The lowest BCUT2D eigenvalue weighted by molar-refractivity contribution is -0.137. The minimum absolute atomic E-state index is 0.0101. The highest BCUT2D eigenvalue weighted by Gasteiger charge is 2.30. The Morgan fingerprint density at radius 1 is 1.00 bits per heavy atom. The first kappa shape index (κ1) is 15.3. The maximum atomic E-state index is 12.4. The van der Waals surface area contributed by atoms with Crippen LogP contribution in [0.3, 0.4) is 0 Å². The van der Waals surface area contributed by atoms with Crippen LogP contribution in [0.4, 0.5) is 18.9 Å². The van der Waals surface area contributed by atoms with Crippen LogP contribution >= 0.6 is 0 Å². The first-order valence-electron chi connectivity index (χ1n) is 6.65. The largest absolute Gasteiger partial charge is 0.416 e. The van der Waals surface area contributed by atoms with Crippen molar-refractivity contribution in [2.45, 2.75) is 37.9 Å². The molecule has 0 heterocycles. The molecule has 1 saturated carbocycles.